The first-order valence-corrected chi connectivity index (χ1v) is 2.90. The summed E-state index contributed by atoms with van der Waals surface area (Å²) in [6.07, 6.45) is 1.63. The van der Waals surface area contributed by atoms with Crippen molar-refractivity contribution < 1.29 is 5.11 Å². The SMILES string of the molecule is C=C1CCCNC1O. The molecule has 1 aliphatic rings. The number of piperidine rings is 1. The zero-order valence-electron chi connectivity index (χ0n) is 4.85. The predicted octanol–water partition coefficient (Wildman–Crippen LogP) is 0.244. The molecule has 0 aliphatic carbocycles. The molecule has 2 nitrogen and oxygen atoms in total. The standard InChI is InChI=1S/C6H11NO/c1-5-3-2-4-7-6(5)8/h6-8H,1-4H2. The van der Waals surface area contributed by atoms with Crippen molar-refractivity contribution in [2.75, 3.05) is 6.54 Å². The fourth-order valence-electron chi connectivity index (χ4n) is 0.835. The van der Waals surface area contributed by atoms with Crippen LogP contribution in [-0.2, 0) is 0 Å². The van der Waals surface area contributed by atoms with E-state index in [1.54, 1.807) is 0 Å². The molecule has 0 aromatic heterocycles. The maximum Gasteiger partial charge on any atom is 0.126 e. The summed E-state index contributed by atoms with van der Waals surface area (Å²) in [5.74, 6) is 0. The second-order valence-electron chi connectivity index (χ2n) is 2.12. The minimum absolute atomic E-state index is 0.441. The van der Waals surface area contributed by atoms with Crippen LogP contribution >= 0.6 is 0 Å². The Morgan fingerprint density at radius 1 is 1.75 bits per heavy atom. The Bertz CT molecular complexity index is 101. The maximum atomic E-state index is 8.97. The maximum absolute atomic E-state index is 8.97. The number of aliphatic hydroxyl groups is 1. The summed E-state index contributed by atoms with van der Waals surface area (Å²) in [6, 6.07) is 0. The highest BCUT2D eigenvalue weighted by Gasteiger charge is 2.11. The molecule has 0 aromatic carbocycles. The molecule has 2 heteroatoms. The number of aliphatic hydroxyl groups excluding tert-OH is 1. The third kappa shape index (κ3) is 1.08. The third-order valence-electron chi connectivity index (χ3n) is 1.40. The lowest BCUT2D eigenvalue weighted by Crippen LogP contribution is -2.35. The van der Waals surface area contributed by atoms with E-state index in [0.29, 0.717) is 0 Å². The monoisotopic (exact) mass is 113 g/mol. The number of hydrogen-bond acceptors (Lipinski definition) is 2. The Labute approximate surface area is 49.2 Å². The summed E-state index contributed by atoms with van der Waals surface area (Å²) in [5.41, 5.74) is 0.913. The van der Waals surface area contributed by atoms with Gasteiger partial charge >= 0.3 is 0 Å². The van der Waals surface area contributed by atoms with Crippen molar-refractivity contribution in [3.63, 3.8) is 0 Å². The van der Waals surface area contributed by atoms with Crippen LogP contribution in [0, 0.1) is 0 Å². The summed E-state index contributed by atoms with van der Waals surface area (Å²) in [5, 5.41) is 11.9. The smallest absolute Gasteiger partial charge is 0.126 e. The van der Waals surface area contributed by atoms with Crippen LogP contribution in [0.1, 0.15) is 12.8 Å². The first-order chi connectivity index (χ1) is 3.80. The Morgan fingerprint density at radius 2 is 2.50 bits per heavy atom. The molecule has 0 radical (unpaired) electrons. The predicted molar refractivity (Wildman–Crippen MR) is 32.4 cm³/mol. The first kappa shape index (κ1) is 5.79. The zero-order valence-corrected chi connectivity index (χ0v) is 4.85. The molecule has 2 N–H and O–H groups in total. The quantitative estimate of drug-likeness (QED) is 0.441. The van der Waals surface area contributed by atoms with Crippen molar-refractivity contribution in [3.05, 3.63) is 12.2 Å². The molecule has 0 spiro atoms. The van der Waals surface area contributed by atoms with Crippen LogP contribution in [-0.4, -0.2) is 17.9 Å². The Hall–Kier alpha value is -0.340. The van der Waals surface area contributed by atoms with Gasteiger partial charge in [-0.1, -0.05) is 6.58 Å². The minimum Gasteiger partial charge on any atom is -0.375 e. The molecule has 1 fully saturated rings. The second kappa shape index (κ2) is 2.29. The Morgan fingerprint density at radius 3 is 2.88 bits per heavy atom. The van der Waals surface area contributed by atoms with Crippen LogP contribution in [0.5, 0.6) is 0 Å². The van der Waals surface area contributed by atoms with Crippen molar-refractivity contribution in [3.8, 4) is 0 Å². The fraction of sp³-hybridized carbons (Fsp3) is 0.667. The molecule has 0 aromatic rings. The molecule has 46 valence electrons. The fourth-order valence-corrected chi connectivity index (χ4v) is 0.835. The van der Waals surface area contributed by atoms with Gasteiger partial charge in [0.25, 0.3) is 0 Å². The van der Waals surface area contributed by atoms with Gasteiger partial charge in [0, 0.05) is 0 Å². The van der Waals surface area contributed by atoms with Crippen LogP contribution in [0.2, 0.25) is 0 Å². The lowest BCUT2D eigenvalue weighted by Gasteiger charge is -2.20. The molecule has 1 unspecified atom stereocenters. The van der Waals surface area contributed by atoms with Crippen LogP contribution in [0.3, 0.4) is 0 Å². The molecule has 0 saturated carbocycles. The van der Waals surface area contributed by atoms with Crippen LogP contribution in [0.4, 0.5) is 0 Å². The van der Waals surface area contributed by atoms with Gasteiger partial charge in [-0.2, -0.15) is 0 Å². The molecular weight excluding hydrogens is 102 g/mol. The van der Waals surface area contributed by atoms with Crippen molar-refractivity contribution in [1.29, 1.82) is 0 Å². The van der Waals surface area contributed by atoms with E-state index in [2.05, 4.69) is 11.9 Å². The number of rotatable bonds is 0. The van der Waals surface area contributed by atoms with E-state index in [0.717, 1.165) is 25.0 Å². The van der Waals surface area contributed by atoms with Crippen LogP contribution in [0.25, 0.3) is 0 Å². The van der Waals surface area contributed by atoms with Gasteiger partial charge < -0.3 is 5.11 Å². The molecule has 8 heavy (non-hydrogen) atoms. The minimum atomic E-state index is -0.441. The average Bonchev–Trinajstić information content (AvgIpc) is 1.77. The lowest BCUT2D eigenvalue weighted by molar-refractivity contribution is 0.156. The van der Waals surface area contributed by atoms with E-state index in [1.165, 1.54) is 0 Å². The molecule has 0 bridgehead atoms. The normalized spacial score (nSPS) is 30.6. The topological polar surface area (TPSA) is 32.3 Å². The molecule has 1 saturated heterocycles. The molecule has 1 aliphatic heterocycles. The van der Waals surface area contributed by atoms with Crippen LogP contribution < -0.4 is 5.32 Å². The zero-order chi connectivity index (χ0) is 5.98. The van der Waals surface area contributed by atoms with E-state index >= 15 is 0 Å². The van der Waals surface area contributed by atoms with Gasteiger partial charge in [0.05, 0.1) is 0 Å². The summed E-state index contributed by atoms with van der Waals surface area (Å²) in [4.78, 5) is 0. The van der Waals surface area contributed by atoms with Gasteiger partial charge in [-0.15, -0.1) is 0 Å². The molecule has 1 atom stereocenters. The van der Waals surface area contributed by atoms with Crippen molar-refractivity contribution in [1.82, 2.24) is 5.32 Å². The molecule has 1 heterocycles. The van der Waals surface area contributed by atoms with Crippen molar-refractivity contribution >= 4 is 0 Å². The Kier molecular flexibility index (Phi) is 1.65. The average molecular weight is 113 g/mol. The second-order valence-corrected chi connectivity index (χ2v) is 2.12. The van der Waals surface area contributed by atoms with Crippen molar-refractivity contribution in [2.45, 2.75) is 19.1 Å². The van der Waals surface area contributed by atoms with E-state index in [1.807, 2.05) is 0 Å². The highest BCUT2D eigenvalue weighted by Crippen LogP contribution is 2.09. The third-order valence-corrected chi connectivity index (χ3v) is 1.40. The van der Waals surface area contributed by atoms with Crippen molar-refractivity contribution in [2.24, 2.45) is 0 Å². The van der Waals surface area contributed by atoms with Gasteiger partial charge in [0.15, 0.2) is 0 Å². The highest BCUT2D eigenvalue weighted by molar-refractivity contribution is 5.02. The van der Waals surface area contributed by atoms with E-state index in [9.17, 15) is 0 Å². The summed E-state index contributed by atoms with van der Waals surface area (Å²) in [6.45, 7) is 4.60. The summed E-state index contributed by atoms with van der Waals surface area (Å²) < 4.78 is 0. The molecule has 1 rings (SSSR count). The number of hydrogen-bond donors (Lipinski definition) is 2. The first-order valence-electron chi connectivity index (χ1n) is 2.90. The van der Waals surface area contributed by atoms with Gasteiger partial charge in [0.1, 0.15) is 6.23 Å². The van der Waals surface area contributed by atoms with E-state index in [4.69, 9.17) is 5.11 Å². The largest absolute Gasteiger partial charge is 0.375 e. The molecule has 0 amide bonds. The van der Waals surface area contributed by atoms with Gasteiger partial charge in [-0.25, -0.2) is 0 Å². The van der Waals surface area contributed by atoms with Gasteiger partial charge in [0.2, 0.25) is 0 Å². The highest BCUT2D eigenvalue weighted by atomic mass is 16.3. The van der Waals surface area contributed by atoms with Gasteiger partial charge in [-0.05, 0) is 25.0 Å². The van der Waals surface area contributed by atoms with Gasteiger partial charge in [-0.3, -0.25) is 5.32 Å². The van der Waals surface area contributed by atoms with E-state index in [-0.39, 0.29) is 0 Å². The lowest BCUT2D eigenvalue weighted by atomic mass is 10.1. The molecular formula is C6H11NO. The Balaban J connectivity index is 2.39. The summed E-state index contributed by atoms with van der Waals surface area (Å²) in [7, 11) is 0. The van der Waals surface area contributed by atoms with E-state index < -0.39 is 6.23 Å². The summed E-state index contributed by atoms with van der Waals surface area (Å²) >= 11 is 0. The van der Waals surface area contributed by atoms with Crippen LogP contribution in [0.15, 0.2) is 12.2 Å². The number of nitrogens with one attached hydrogen (secondary N) is 1.